The molecule has 0 fully saturated rings. The lowest BCUT2D eigenvalue weighted by Gasteiger charge is -2.26. The van der Waals surface area contributed by atoms with Crippen molar-refractivity contribution in [2.45, 2.75) is 19.5 Å². The van der Waals surface area contributed by atoms with Crippen molar-refractivity contribution in [1.29, 1.82) is 0 Å². The van der Waals surface area contributed by atoms with Crippen molar-refractivity contribution in [2.75, 3.05) is 20.3 Å². The van der Waals surface area contributed by atoms with Gasteiger partial charge in [0.15, 0.2) is 0 Å². The highest BCUT2D eigenvalue weighted by Gasteiger charge is 2.23. The smallest absolute Gasteiger partial charge is 0.119 e. The number of hydrogen-bond acceptors (Lipinski definition) is 5. The number of thiophene rings is 1. The Morgan fingerprint density at radius 3 is 3.15 bits per heavy atom. The highest BCUT2D eigenvalue weighted by molar-refractivity contribution is 7.10. The Kier molecular flexibility index (Phi) is 5.26. The summed E-state index contributed by atoms with van der Waals surface area (Å²) >= 11 is 1.72. The van der Waals surface area contributed by atoms with Crippen LogP contribution >= 0.6 is 11.3 Å². The van der Waals surface area contributed by atoms with Gasteiger partial charge in [-0.05, 0) is 18.2 Å². The van der Waals surface area contributed by atoms with E-state index in [1.165, 1.54) is 16.1 Å². The Hall–Kier alpha value is -2.59. The largest absolute Gasteiger partial charge is 0.497 e. The minimum absolute atomic E-state index is 0.104. The molecule has 6 heteroatoms. The maximum atomic E-state index is 8.83. The normalized spacial score (nSPS) is 13.7. The number of aliphatic hydroxyl groups excluding tert-OH is 1. The van der Waals surface area contributed by atoms with Crippen LogP contribution < -0.4 is 4.74 Å². The van der Waals surface area contributed by atoms with Crippen LogP contribution in [0.1, 0.15) is 21.7 Å². The quantitative estimate of drug-likeness (QED) is 0.684. The molecule has 0 spiro atoms. The third kappa shape index (κ3) is 3.91. The minimum Gasteiger partial charge on any atom is -0.497 e. The summed E-state index contributed by atoms with van der Waals surface area (Å²) in [7, 11) is 1.68. The molecule has 3 heterocycles. The van der Waals surface area contributed by atoms with Crippen LogP contribution in [-0.2, 0) is 19.5 Å². The molecule has 0 bridgehead atoms. The van der Waals surface area contributed by atoms with Crippen LogP contribution in [0.25, 0.3) is 11.3 Å². The third-order valence-corrected chi connectivity index (χ3v) is 5.62. The summed E-state index contributed by atoms with van der Waals surface area (Å²) in [6.07, 6.45) is 0.967. The van der Waals surface area contributed by atoms with E-state index in [9.17, 15) is 0 Å². The van der Waals surface area contributed by atoms with Gasteiger partial charge in [-0.25, -0.2) is 0 Å². The molecule has 0 unspecified atom stereocenters. The highest BCUT2D eigenvalue weighted by atomic mass is 32.1. The van der Waals surface area contributed by atoms with E-state index in [0.717, 1.165) is 48.6 Å². The molecule has 0 radical (unpaired) electrons. The molecule has 1 aromatic carbocycles. The van der Waals surface area contributed by atoms with E-state index in [-0.39, 0.29) is 6.61 Å². The standard InChI is InChI=1S/C21H21N3O2S/c1-26-17-6-2-5-16(11-17)21-19-13-24(8-7-20(19)22-23-21)12-18-10-15(14-27-18)4-3-9-25/h2,5-6,10-11,14,25H,7-9,12-13H2,1H3,(H,22,23). The maximum absolute atomic E-state index is 8.83. The molecule has 2 N–H and O–H groups in total. The number of H-pyrrole nitrogens is 1. The molecule has 3 aromatic rings. The Morgan fingerprint density at radius 2 is 2.30 bits per heavy atom. The zero-order chi connectivity index (χ0) is 18.6. The van der Waals surface area contributed by atoms with E-state index in [0.29, 0.717) is 0 Å². The van der Waals surface area contributed by atoms with Crippen molar-refractivity contribution in [3.05, 3.63) is 57.4 Å². The lowest BCUT2D eigenvalue weighted by molar-refractivity contribution is 0.247. The lowest BCUT2D eigenvalue weighted by Crippen LogP contribution is -2.29. The molecule has 138 valence electrons. The van der Waals surface area contributed by atoms with E-state index in [1.807, 2.05) is 23.6 Å². The van der Waals surface area contributed by atoms with Crippen LogP contribution in [0.2, 0.25) is 0 Å². The fourth-order valence-electron chi connectivity index (χ4n) is 3.39. The molecule has 0 saturated carbocycles. The van der Waals surface area contributed by atoms with Crippen molar-refractivity contribution in [3.63, 3.8) is 0 Å². The maximum Gasteiger partial charge on any atom is 0.119 e. The van der Waals surface area contributed by atoms with Crippen molar-refractivity contribution >= 4 is 11.3 Å². The number of nitrogens with zero attached hydrogens (tertiary/aromatic N) is 2. The molecule has 0 amide bonds. The summed E-state index contributed by atoms with van der Waals surface area (Å²) in [6.45, 7) is 2.66. The molecule has 0 saturated heterocycles. The summed E-state index contributed by atoms with van der Waals surface area (Å²) in [6, 6.07) is 10.2. The molecule has 0 atom stereocenters. The first-order valence-electron chi connectivity index (χ1n) is 8.87. The number of nitrogens with one attached hydrogen (secondary N) is 1. The number of methoxy groups -OCH3 is 1. The van der Waals surface area contributed by atoms with Crippen molar-refractivity contribution in [1.82, 2.24) is 15.1 Å². The SMILES string of the molecule is COc1cccc(-c2n[nH]c3c2CN(Cc2cc(C#CCO)cs2)CC3)c1. The average molecular weight is 379 g/mol. The van der Waals surface area contributed by atoms with Crippen LogP contribution in [0.5, 0.6) is 5.75 Å². The monoisotopic (exact) mass is 379 g/mol. The Balaban J connectivity index is 1.52. The van der Waals surface area contributed by atoms with Crippen LogP contribution in [-0.4, -0.2) is 40.5 Å². The van der Waals surface area contributed by atoms with Gasteiger partial charge >= 0.3 is 0 Å². The second-order valence-electron chi connectivity index (χ2n) is 6.48. The number of hydrogen-bond donors (Lipinski definition) is 2. The zero-order valence-corrected chi connectivity index (χ0v) is 16.0. The summed E-state index contributed by atoms with van der Waals surface area (Å²) in [5, 5.41) is 18.7. The lowest BCUT2D eigenvalue weighted by atomic mass is 10.0. The van der Waals surface area contributed by atoms with Crippen molar-refractivity contribution < 1.29 is 9.84 Å². The number of aromatic nitrogens is 2. The van der Waals surface area contributed by atoms with Gasteiger partial charge in [-0.1, -0.05) is 24.0 Å². The third-order valence-electron chi connectivity index (χ3n) is 4.70. The Bertz CT molecular complexity index is 996. The van der Waals surface area contributed by atoms with Gasteiger partial charge < -0.3 is 9.84 Å². The first-order chi connectivity index (χ1) is 13.3. The number of aromatic amines is 1. The van der Waals surface area contributed by atoms with Gasteiger partial charge in [0, 0.05) is 58.7 Å². The predicted octanol–water partition coefficient (Wildman–Crippen LogP) is 3.05. The van der Waals surface area contributed by atoms with E-state index in [2.05, 4.69) is 39.1 Å². The van der Waals surface area contributed by atoms with E-state index < -0.39 is 0 Å². The van der Waals surface area contributed by atoms with Gasteiger partial charge in [-0.3, -0.25) is 10.00 Å². The molecule has 4 rings (SSSR count). The summed E-state index contributed by atoms with van der Waals surface area (Å²) in [5.74, 6) is 6.51. The number of fused-ring (bicyclic) bond motifs is 1. The molecular formula is C21H21N3O2S. The van der Waals surface area contributed by atoms with Crippen LogP contribution in [0.15, 0.2) is 35.7 Å². The Labute approximate surface area is 162 Å². The van der Waals surface area contributed by atoms with Gasteiger partial charge in [-0.15, -0.1) is 11.3 Å². The predicted molar refractivity (Wildman–Crippen MR) is 107 cm³/mol. The second kappa shape index (κ2) is 7.97. The van der Waals surface area contributed by atoms with Crippen molar-refractivity contribution in [3.8, 4) is 28.8 Å². The molecule has 1 aliphatic rings. The van der Waals surface area contributed by atoms with Gasteiger partial charge in [-0.2, -0.15) is 5.10 Å². The van der Waals surface area contributed by atoms with Gasteiger partial charge in [0.1, 0.15) is 12.4 Å². The first kappa shape index (κ1) is 17.8. The topological polar surface area (TPSA) is 61.4 Å². The van der Waals surface area contributed by atoms with E-state index in [4.69, 9.17) is 9.84 Å². The second-order valence-corrected chi connectivity index (χ2v) is 7.48. The van der Waals surface area contributed by atoms with Gasteiger partial charge in [0.05, 0.1) is 12.8 Å². The van der Waals surface area contributed by atoms with Crippen LogP contribution in [0, 0.1) is 11.8 Å². The summed E-state index contributed by atoms with van der Waals surface area (Å²) in [5.41, 5.74) is 5.55. The average Bonchev–Trinajstić information content (AvgIpc) is 3.33. The van der Waals surface area contributed by atoms with Crippen molar-refractivity contribution in [2.24, 2.45) is 0 Å². The van der Waals surface area contributed by atoms with Crippen LogP contribution in [0.4, 0.5) is 0 Å². The number of ether oxygens (including phenoxy) is 1. The first-order valence-corrected chi connectivity index (χ1v) is 9.75. The fourth-order valence-corrected chi connectivity index (χ4v) is 4.24. The molecule has 0 aliphatic carbocycles. The van der Waals surface area contributed by atoms with E-state index in [1.54, 1.807) is 18.4 Å². The molecule has 2 aromatic heterocycles. The zero-order valence-electron chi connectivity index (χ0n) is 15.2. The molecule has 27 heavy (non-hydrogen) atoms. The highest BCUT2D eigenvalue weighted by Crippen LogP contribution is 2.31. The van der Waals surface area contributed by atoms with Gasteiger partial charge in [0.2, 0.25) is 0 Å². The molecule has 1 aliphatic heterocycles. The fraction of sp³-hybridized carbons (Fsp3) is 0.286. The Morgan fingerprint density at radius 1 is 1.37 bits per heavy atom. The summed E-state index contributed by atoms with van der Waals surface area (Å²) in [4.78, 5) is 3.73. The molecule has 5 nitrogen and oxygen atoms in total. The molecular weight excluding hydrogens is 358 g/mol. The van der Waals surface area contributed by atoms with Gasteiger partial charge in [0.25, 0.3) is 0 Å². The summed E-state index contributed by atoms with van der Waals surface area (Å²) < 4.78 is 5.35. The number of rotatable bonds is 4. The van der Waals surface area contributed by atoms with E-state index >= 15 is 0 Å². The minimum atomic E-state index is -0.104. The van der Waals surface area contributed by atoms with Crippen LogP contribution in [0.3, 0.4) is 0 Å². The number of aliphatic hydroxyl groups is 1. The number of benzene rings is 1.